The van der Waals surface area contributed by atoms with Crippen LogP contribution in [0.25, 0.3) is 21.5 Å². The van der Waals surface area contributed by atoms with Gasteiger partial charge < -0.3 is 9.11 Å². The van der Waals surface area contributed by atoms with E-state index >= 15 is 0 Å². The smallest absolute Gasteiger partial charge is 0.744 e. The van der Waals surface area contributed by atoms with E-state index in [2.05, 4.69) is 52.0 Å². The molecule has 0 aromatic heterocycles. The van der Waals surface area contributed by atoms with E-state index in [1.54, 1.807) is 24.3 Å². The number of fused-ring (bicyclic) bond motifs is 2. The van der Waals surface area contributed by atoms with E-state index in [0.717, 1.165) is 72.9 Å². The second-order valence-corrected chi connectivity index (χ2v) is 17.1. The van der Waals surface area contributed by atoms with Gasteiger partial charge in [-0.05, 0) is 119 Å². The Morgan fingerprint density at radius 3 is 1.02 bits per heavy atom. The molecule has 0 spiro atoms. The largest absolute Gasteiger partial charge is 2.00 e. The summed E-state index contributed by atoms with van der Waals surface area (Å²) in [7, 11) is -8.85. The molecule has 0 saturated carbocycles. The van der Waals surface area contributed by atoms with Crippen LogP contribution in [0.5, 0.6) is 0 Å². The molecule has 0 aliphatic rings. The van der Waals surface area contributed by atoms with Crippen molar-refractivity contribution in [1.29, 1.82) is 0 Å². The van der Waals surface area contributed by atoms with Crippen molar-refractivity contribution < 1.29 is 25.9 Å². The molecular weight excluding hydrogens is 826 g/mol. The number of hydrogen-bond donors (Lipinski definition) is 0. The van der Waals surface area contributed by atoms with E-state index in [0.29, 0.717) is 0 Å². The van der Waals surface area contributed by atoms with Gasteiger partial charge in [-0.25, -0.2) is 16.8 Å². The first-order valence-electron chi connectivity index (χ1n) is 19.9. The molecule has 0 atom stereocenters. The number of unbranched alkanes of at least 4 members (excludes halogenated alkanes) is 12. The fraction of sp³-hybridized carbons (Fsp3) is 0.545. The van der Waals surface area contributed by atoms with Crippen molar-refractivity contribution in [2.75, 3.05) is 0 Å². The number of benzene rings is 4. The molecule has 0 N–H and O–H groups in total. The summed E-state index contributed by atoms with van der Waals surface area (Å²) in [5.74, 6) is 0. The SMILES string of the molecule is CCCCCCc1ccc2ccc(S(=O)(=O)[O-])cc2c1CCCCCC.CCCCCCc1ccc2ccc(S(=O)(=O)[O-])cc2c1CCCCCC.[Ba+2]. The molecule has 0 aliphatic heterocycles. The van der Waals surface area contributed by atoms with E-state index in [9.17, 15) is 25.9 Å². The number of rotatable bonds is 22. The van der Waals surface area contributed by atoms with Crippen LogP contribution < -0.4 is 0 Å². The maximum atomic E-state index is 11.5. The van der Waals surface area contributed by atoms with E-state index < -0.39 is 20.2 Å². The Morgan fingerprint density at radius 1 is 0.415 bits per heavy atom. The molecule has 0 unspecified atom stereocenters. The summed E-state index contributed by atoms with van der Waals surface area (Å²) in [5.41, 5.74) is 5.09. The first-order chi connectivity index (χ1) is 24.9. The minimum Gasteiger partial charge on any atom is -0.744 e. The Morgan fingerprint density at radius 2 is 0.717 bits per heavy atom. The molecule has 288 valence electrons. The summed E-state index contributed by atoms with van der Waals surface area (Å²) in [6.07, 6.45) is 23.0. The van der Waals surface area contributed by atoms with Gasteiger partial charge >= 0.3 is 48.9 Å². The Hall–Kier alpha value is -1.21. The molecule has 0 bridgehead atoms. The zero-order valence-corrected chi connectivity index (χ0v) is 39.0. The summed E-state index contributed by atoms with van der Waals surface area (Å²) in [6, 6.07) is 18.0. The monoisotopic (exact) mass is 888 g/mol. The molecule has 4 aromatic rings. The predicted octanol–water partition coefficient (Wildman–Crippen LogP) is 11.6. The zero-order valence-electron chi connectivity index (χ0n) is 32.9. The zero-order chi connectivity index (χ0) is 38.0. The van der Waals surface area contributed by atoms with Gasteiger partial charge in [-0.1, -0.05) is 141 Å². The average molecular weight is 888 g/mol. The van der Waals surface area contributed by atoms with Crippen LogP contribution in [0.4, 0.5) is 0 Å². The second-order valence-electron chi connectivity index (χ2n) is 14.3. The first kappa shape index (κ1) is 47.9. The van der Waals surface area contributed by atoms with Crippen molar-refractivity contribution >= 4 is 90.7 Å². The van der Waals surface area contributed by atoms with Crippen LogP contribution in [0.3, 0.4) is 0 Å². The molecule has 9 heteroatoms. The van der Waals surface area contributed by atoms with E-state index in [1.807, 2.05) is 0 Å². The van der Waals surface area contributed by atoms with Gasteiger partial charge in [0.25, 0.3) is 0 Å². The van der Waals surface area contributed by atoms with Crippen molar-refractivity contribution in [3.8, 4) is 0 Å². The molecule has 0 aliphatic carbocycles. The molecule has 4 rings (SSSR count). The fourth-order valence-electron chi connectivity index (χ4n) is 7.12. The van der Waals surface area contributed by atoms with Crippen molar-refractivity contribution in [1.82, 2.24) is 0 Å². The molecule has 53 heavy (non-hydrogen) atoms. The third kappa shape index (κ3) is 16.1. The van der Waals surface area contributed by atoms with Crippen LogP contribution in [-0.2, 0) is 45.9 Å². The Kier molecular flexibility index (Phi) is 22.7. The Bertz CT molecular complexity index is 1770. The molecule has 0 amide bonds. The standard InChI is InChI=1S/2C22H32O3S.Ba/c2*1-3-5-7-9-11-18-13-14-19-15-16-20(26(23,24)25)17-22(19)21(18)12-10-8-6-4-2;/h2*13-17H,3-12H2,1-2H3,(H,23,24,25);/q;;+2/p-2. The van der Waals surface area contributed by atoms with Crippen LogP contribution in [0.15, 0.2) is 70.5 Å². The Labute approximate surface area is 361 Å². The van der Waals surface area contributed by atoms with Crippen LogP contribution >= 0.6 is 0 Å². The molecule has 0 fully saturated rings. The van der Waals surface area contributed by atoms with Crippen LogP contribution in [0.2, 0.25) is 0 Å². The van der Waals surface area contributed by atoms with Gasteiger partial charge in [-0.15, -0.1) is 0 Å². The molecule has 0 heterocycles. The van der Waals surface area contributed by atoms with Gasteiger partial charge in [0.05, 0.1) is 9.79 Å². The van der Waals surface area contributed by atoms with E-state index in [4.69, 9.17) is 0 Å². The predicted molar refractivity (Wildman–Crippen MR) is 221 cm³/mol. The average Bonchev–Trinajstić information content (AvgIpc) is 3.12. The summed E-state index contributed by atoms with van der Waals surface area (Å²) in [5, 5.41) is 3.90. The third-order valence-corrected chi connectivity index (χ3v) is 11.8. The molecule has 6 nitrogen and oxygen atoms in total. The van der Waals surface area contributed by atoms with Gasteiger partial charge in [-0.2, -0.15) is 0 Å². The van der Waals surface area contributed by atoms with Gasteiger partial charge in [-0.3, -0.25) is 0 Å². The normalized spacial score (nSPS) is 11.7. The van der Waals surface area contributed by atoms with Crippen LogP contribution in [-0.4, -0.2) is 74.8 Å². The molecular formula is C44H62BaO6S2. The Balaban J connectivity index is 0.000000360. The topological polar surface area (TPSA) is 114 Å². The van der Waals surface area contributed by atoms with Crippen molar-refractivity contribution in [2.45, 2.75) is 166 Å². The minimum absolute atomic E-state index is 0. The van der Waals surface area contributed by atoms with Crippen LogP contribution in [0, 0.1) is 0 Å². The second kappa shape index (κ2) is 25.1. The summed E-state index contributed by atoms with van der Waals surface area (Å²) in [6.45, 7) is 8.81. The maximum Gasteiger partial charge on any atom is 2.00 e. The molecule has 0 radical (unpaired) electrons. The minimum atomic E-state index is -4.43. The van der Waals surface area contributed by atoms with E-state index in [-0.39, 0.29) is 58.7 Å². The molecule has 0 saturated heterocycles. The van der Waals surface area contributed by atoms with Crippen LogP contribution in [0.1, 0.15) is 153 Å². The van der Waals surface area contributed by atoms with Gasteiger partial charge in [0.2, 0.25) is 0 Å². The summed E-state index contributed by atoms with van der Waals surface area (Å²) < 4.78 is 68.8. The fourth-order valence-corrected chi connectivity index (χ4v) is 8.12. The third-order valence-electron chi connectivity index (χ3n) is 10.1. The number of hydrogen-bond acceptors (Lipinski definition) is 6. The van der Waals surface area contributed by atoms with Crippen molar-refractivity contribution in [3.63, 3.8) is 0 Å². The molecule has 4 aromatic carbocycles. The number of aryl methyl sites for hydroxylation is 4. The first-order valence-corrected chi connectivity index (χ1v) is 22.8. The van der Waals surface area contributed by atoms with Gasteiger partial charge in [0.15, 0.2) is 0 Å². The summed E-state index contributed by atoms with van der Waals surface area (Å²) in [4.78, 5) is -0.245. The quantitative estimate of drug-likeness (QED) is 0.0441. The van der Waals surface area contributed by atoms with Gasteiger partial charge in [0.1, 0.15) is 20.2 Å². The van der Waals surface area contributed by atoms with Crippen molar-refractivity contribution in [2.24, 2.45) is 0 Å². The summed E-state index contributed by atoms with van der Waals surface area (Å²) >= 11 is 0. The maximum absolute atomic E-state index is 11.5. The van der Waals surface area contributed by atoms with Gasteiger partial charge in [0, 0.05) is 0 Å². The van der Waals surface area contributed by atoms with E-state index in [1.165, 1.54) is 111 Å². The van der Waals surface area contributed by atoms with Crippen molar-refractivity contribution in [3.05, 3.63) is 82.9 Å².